The molecule has 0 radical (unpaired) electrons. The molecule has 6 rings (SSSR count). The van der Waals surface area contributed by atoms with Crippen molar-refractivity contribution in [1.29, 1.82) is 0 Å². The van der Waals surface area contributed by atoms with Crippen LogP contribution < -0.4 is 15.6 Å². The highest BCUT2D eigenvalue weighted by molar-refractivity contribution is 5.75. The Balaban J connectivity index is 1.20. The Kier molecular flexibility index (Phi) is 7.79. The Hall–Kier alpha value is -3.72. The molecule has 2 aliphatic heterocycles. The van der Waals surface area contributed by atoms with Gasteiger partial charge in [0.1, 0.15) is 11.6 Å². The van der Waals surface area contributed by atoms with Gasteiger partial charge in [-0.05, 0) is 60.4 Å². The number of nitrogens with one attached hydrogen (secondary N) is 1. The number of ether oxygens (including phenoxy) is 1. The number of carbonyl (C=O) groups is 1. The molecule has 3 heterocycles. The Morgan fingerprint density at radius 1 is 1.12 bits per heavy atom. The Morgan fingerprint density at radius 3 is 2.73 bits per heavy atom. The fraction of sp³-hybridized carbons (Fsp3) is 0.469. The van der Waals surface area contributed by atoms with Crippen LogP contribution in [0.4, 0.5) is 9.18 Å². The predicted molar refractivity (Wildman–Crippen MR) is 155 cm³/mol. The van der Waals surface area contributed by atoms with E-state index in [1.54, 1.807) is 30.1 Å². The van der Waals surface area contributed by atoms with E-state index in [4.69, 9.17) is 4.74 Å². The van der Waals surface area contributed by atoms with Gasteiger partial charge in [0.05, 0.1) is 25.2 Å². The number of aromatic nitrogens is 2. The molecule has 3 fully saturated rings. The molecule has 2 aromatic carbocycles. The van der Waals surface area contributed by atoms with Crippen molar-refractivity contribution < 1.29 is 13.9 Å². The number of likely N-dealkylation sites (tertiary alicyclic amines) is 1. The molecular formula is C32H38FN5O3. The highest BCUT2D eigenvalue weighted by atomic mass is 19.1. The fourth-order valence-corrected chi connectivity index (χ4v) is 7.23. The van der Waals surface area contributed by atoms with Crippen molar-refractivity contribution in [3.8, 4) is 17.0 Å². The quantitative estimate of drug-likeness (QED) is 0.490. The SMILES string of the molecule is COc1ccccc1-c1cc(=O)n(C[C@@H]2CCN(C(=O)N3CCNC[C@H]3c3cccc(F)c3)CC23CCCC3)cn1. The zero-order valence-corrected chi connectivity index (χ0v) is 23.6. The van der Waals surface area contributed by atoms with Crippen molar-refractivity contribution in [2.45, 2.75) is 44.7 Å². The second-order valence-electron chi connectivity index (χ2n) is 11.7. The molecule has 8 nitrogen and oxygen atoms in total. The van der Waals surface area contributed by atoms with Crippen LogP contribution in [0.25, 0.3) is 11.3 Å². The molecule has 1 N–H and O–H groups in total. The van der Waals surface area contributed by atoms with Crippen molar-refractivity contribution in [2.75, 3.05) is 39.8 Å². The van der Waals surface area contributed by atoms with Gasteiger partial charge in [0.2, 0.25) is 0 Å². The molecule has 3 aromatic rings. The number of rotatable bonds is 5. The van der Waals surface area contributed by atoms with E-state index in [9.17, 15) is 14.0 Å². The van der Waals surface area contributed by atoms with E-state index in [-0.39, 0.29) is 34.8 Å². The predicted octanol–water partition coefficient (Wildman–Crippen LogP) is 4.71. The van der Waals surface area contributed by atoms with Gasteiger partial charge in [-0.25, -0.2) is 14.2 Å². The lowest BCUT2D eigenvalue weighted by molar-refractivity contribution is 0.0234. The summed E-state index contributed by atoms with van der Waals surface area (Å²) >= 11 is 0. The van der Waals surface area contributed by atoms with E-state index in [1.807, 2.05) is 40.1 Å². The third-order valence-electron chi connectivity index (χ3n) is 9.39. The number of hydrogen-bond acceptors (Lipinski definition) is 5. The van der Waals surface area contributed by atoms with Crippen LogP contribution in [-0.2, 0) is 6.54 Å². The van der Waals surface area contributed by atoms with Crippen molar-refractivity contribution >= 4 is 6.03 Å². The van der Waals surface area contributed by atoms with E-state index in [2.05, 4.69) is 10.3 Å². The van der Waals surface area contributed by atoms with Gasteiger partial charge in [-0.1, -0.05) is 37.1 Å². The molecule has 216 valence electrons. The van der Waals surface area contributed by atoms with Crippen molar-refractivity contribution in [1.82, 2.24) is 24.7 Å². The van der Waals surface area contributed by atoms with Crippen LogP contribution in [0.15, 0.2) is 65.7 Å². The monoisotopic (exact) mass is 559 g/mol. The minimum atomic E-state index is -0.285. The van der Waals surface area contributed by atoms with Gasteiger partial charge in [0.25, 0.3) is 5.56 Å². The molecule has 1 spiro atoms. The maximum Gasteiger partial charge on any atom is 0.320 e. The number of nitrogens with zero attached hydrogens (tertiary/aromatic N) is 4. The molecule has 9 heteroatoms. The van der Waals surface area contributed by atoms with Crippen LogP contribution >= 0.6 is 0 Å². The van der Waals surface area contributed by atoms with Gasteiger partial charge < -0.3 is 19.9 Å². The highest BCUT2D eigenvalue weighted by Gasteiger charge is 2.47. The number of piperazine rings is 1. The lowest BCUT2D eigenvalue weighted by Crippen LogP contribution is -2.58. The zero-order chi connectivity index (χ0) is 28.4. The molecule has 2 saturated heterocycles. The first-order valence-electron chi connectivity index (χ1n) is 14.7. The number of amides is 2. The molecule has 3 aliphatic rings. The third-order valence-corrected chi connectivity index (χ3v) is 9.39. The minimum absolute atomic E-state index is 0.0168. The Morgan fingerprint density at radius 2 is 1.95 bits per heavy atom. The maximum atomic E-state index is 14.0. The van der Waals surface area contributed by atoms with Crippen LogP contribution in [0, 0.1) is 17.2 Å². The van der Waals surface area contributed by atoms with Gasteiger partial charge in [-0.2, -0.15) is 0 Å². The summed E-state index contributed by atoms with van der Waals surface area (Å²) in [5.41, 5.74) is 2.12. The summed E-state index contributed by atoms with van der Waals surface area (Å²) in [5, 5.41) is 3.37. The van der Waals surface area contributed by atoms with Crippen LogP contribution in [0.2, 0.25) is 0 Å². The van der Waals surface area contributed by atoms with Gasteiger partial charge in [0.15, 0.2) is 0 Å². The topological polar surface area (TPSA) is 79.7 Å². The number of hydrogen-bond donors (Lipinski definition) is 1. The van der Waals surface area contributed by atoms with Crippen molar-refractivity contribution in [2.24, 2.45) is 11.3 Å². The van der Waals surface area contributed by atoms with Crippen molar-refractivity contribution in [3.63, 3.8) is 0 Å². The summed E-state index contributed by atoms with van der Waals surface area (Å²) in [7, 11) is 1.61. The fourth-order valence-electron chi connectivity index (χ4n) is 7.23. The molecule has 1 aliphatic carbocycles. The number of urea groups is 1. The van der Waals surface area contributed by atoms with Crippen LogP contribution in [0.1, 0.15) is 43.7 Å². The number of piperidine rings is 1. The summed E-state index contributed by atoms with van der Waals surface area (Å²) in [5.74, 6) is 0.683. The minimum Gasteiger partial charge on any atom is -0.496 e. The van der Waals surface area contributed by atoms with Gasteiger partial charge >= 0.3 is 6.03 Å². The first kappa shape index (κ1) is 27.4. The van der Waals surface area contributed by atoms with Gasteiger partial charge in [0, 0.05) is 50.9 Å². The normalized spacial score (nSPS) is 22.2. The molecule has 41 heavy (non-hydrogen) atoms. The molecule has 0 bridgehead atoms. The summed E-state index contributed by atoms with van der Waals surface area (Å²) in [6.45, 7) is 3.86. The summed E-state index contributed by atoms with van der Waals surface area (Å²) in [6, 6.07) is 15.6. The average molecular weight is 560 g/mol. The lowest BCUT2D eigenvalue weighted by atomic mass is 9.69. The summed E-state index contributed by atoms with van der Waals surface area (Å²) in [4.78, 5) is 35.8. The smallest absolute Gasteiger partial charge is 0.320 e. The van der Waals surface area contributed by atoms with Crippen molar-refractivity contribution in [3.05, 3.63) is 82.7 Å². The molecule has 1 saturated carbocycles. The standard InChI is InChI=1S/C32H38FN5O3/c1-41-29-10-3-2-9-26(29)27-18-30(39)37(22-35-27)20-24-11-15-36(21-32(24)12-4-5-13-32)31(40)38-16-14-34-19-28(38)23-7-6-8-25(33)17-23/h2-3,6-10,17-18,22,24,28,34H,4-5,11-16,19-21H2,1H3/t24-,28-/m0/s1. The van der Waals surface area contributed by atoms with Gasteiger partial charge in [-0.3, -0.25) is 9.36 Å². The van der Waals surface area contributed by atoms with E-state index in [0.717, 1.165) is 49.8 Å². The highest BCUT2D eigenvalue weighted by Crippen LogP contribution is 2.49. The summed E-state index contributed by atoms with van der Waals surface area (Å²) < 4.78 is 21.2. The van der Waals surface area contributed by atoms with E-state index >= 15 is 0 Å². The molecular weight excluding hydrogens is 521 g/mol. The van der Waals surface area contributed by atoms with Crippen LogP contribution in [-0.4, -0.2) is 65.2 Å². The van der Waals surface area contributed by atoms with E-state index in [0.29, 0.717) is 44.2 Å². The lowest BCUT2D eigenvalue weighted by Gasteiger charge is -2.49. The Bertz CT molecular complexity index is 1450. The molecule has 0 unspecified atom stereocenters. The molecule has 2 atom stereocenters. The average Bonchev–Trinajstić information content (AvgIpc) is 3.47. The number of carbonyl (C=O) groups excluding carboxylic acids is 1. The number of benzene rings is 2. The van der Waals surface area contributed by atoms with Gasteiger partial charge in [-0.15, -0.1) is 0 Å². The van der Waals surface area contributed by atoms with Crippen LogP contribution in [0.3, 0.4) is 0 Å². The first-order valence-corrected chi connectivity index (χ1v) is 14.7. The number of para-hydroxylation sites is 1. The maximum absolute atomic E-state index is 14.0. The van der Waals surface area contributed by atoms with E-state index in [1.165, 1.54) is 12.1 Å². The van der Waals surface area contributed by atoms with E-state index < -0.39 is 0 Å². The largest absolute Gasteiger partial charge is 0.496 e. The number of methoxy groups -OCH3 is 1. The second kappa shape index (κ2) is 11.6. The number of halogens is 1. The Labute approximate surface area is 240 Å². The van der Waals surface area contributed by atoms with Crippen LogP contribution in [0.5, 0.6) is 5.75 Å². The third kappa shape index (κ3) is 5.47. The second-order valence-corrected chi connectivity index (χ2v) is 11.7. The summed E-state index contributed by atoms with van der Waals surface area (Å²) in [6.07, 6.45) is 6.88. The molecule has 1 aromatic heterocycles. The zero-order valence-electron chi connectivity index (χ0n) is 23.6. The molecule has 2 amide bonds. The first-order chi connectivity index (χ1) is 20.0.